The smallest absolute Gasteiger partial charge is 0.112 e. The Labute approximate surface area is 71.5 Å². The Bertz CT molecular complexity index is 305. The molecule has 0 aromatic carbocycles. The Morgan fingerprint density at radius 1 is 1.58 bits per heavy atom. The Hall–Kier alpha value is -1.44. The predicted octanol–water partition coefficient (Wildman–Crippen LogP) is 0.0940. The highest BCUT2D eigenvalue weighted by molar-refractivity contribution is 5.28. The number of hydrogen-bond donors (Lipinski definition) is 1. The summed E-state index contributed by atoms with van der Waals surface area (Å²) >= 11 is 0. The Morgan fingerprint density at radius 2 is 2.42 bits per heavy atom. The van der Waals surface area contributed by atoms with Crippen molar-refractivity contribution in [1.82, 2.24) is 0 Å². The molecule has 0 aliphatic carbocycles. The highest BCUT2D eigenvalue weighted by atomic mass is 16.6. The largest absolute Gasteiger partial charge is 0.394 e. The van der Waals surface area contributed by atoms with E-state index in [-0.39, 0.29) is 18.8 Å². The number of terminal acetylenes is 1. The van der Waals surface area contributed by atoms with Crippen LogP contribution in [-0.4, -0.2) is 23.9 Å². The van der Waals surface area contributed by atoms with Crippen molar-refractivity contribution >= 4 is 0 Å². The molecule has 0 saturated carbocycles. The third kappa shape index (κ3) is 2.66. The molecule has 2 nitrogen and oxygen atoms in total. The topological polar surface area (TPSA) is 32.8 Å². The second-order valence-corrected chi connectivity index (χ2v) is 2.21. The fourth-order valence-corrected chi connectivity index (χ4v) is 0.712. The third-order valence-electron chi connectivity index (χ3n) is 1.36. The van der Waals surface area contributed by atoms with Gasteiger partial charge in [-0.2, -0.15) is 0 Å². The van der Waals surface area contributed by atoms with E-state index >= 15 is 0 Å². The van der Waals surface area contributed by atoms with Gasteiger partial charge >= 0.3 is 0 Å². The number of hydrogen-bond acceptors (Lipinski definition) is 2. The van der Waals surface area contributed by atoms with Crippen LogP contribution in [-0.2, 0) is 4.74 Å². The minimum Gasteiger partial charge on any atom is -0.394 e. The summed E-state index contributed by atoms with van der Waals surface area (Å²) in [4.78, 5) is 0. The van der Waals surface area contributed by atoms with Crippen LogP contribution in [0.1, 0.15) is 0 Å². The van der Waals surface area contributed by atoms with E-state index in [4.69, 9.17) is 16.3 Å². The average Bonchev–Trinajstić information content (AvgIpc) is 2.83. The normalized spacial score (nSPS) is 24.0. The van der Waals surface area contributed by atoms with Crippen molar-refractivity contribution < 1.29 is 9.84 Å². The first kappa shape index (κ1) is 8.65. The minimum absolute atomic E-state index is 0.00103. The van der Waals surface area contributed by atoms with Crippen LogP contribution >= 0.6 is 0 Å². The van der Waals surface area contributed by atoms with E-state index in [2.05, 4.69) is 23.5 Å². The van der Waals surface area contributed by atoms with Crippen LogP contribution in [0.3, 0.4) is 0 Å². The van der Waals surface area contributed by atoms with E-state index in [1.165, 1.54) is 6.08 Å². The number of rotatable bonds is 2. The van der Waals surface area contributed by atoms with E-state index in [9.17, 15) is 0 Å². The van der Waals surface area contributed by atoms with Crippen LogP contribution < -0.4 is 0 Å². The number of epoxide rings is 1. The molecule has 2 heteroatoms. The minimum atomic E-state index is -0.0495. The molecule has 1 rings (SSSR count). The molecule has 0 aromatic heterocycles. The van der Waals surface area contributed by atoms with Gasteiger partial charge in [0.1, 0.15) is 12.2 Å². The van der Waals surface area contributed by atoms with Crippen molar-refractivity contribution in [3.8, 4) is 24.2 Å². The van der Waals surface area contributed by atoms with Crippen LogP contribution in [0.15, 0.2) is 17.9 Å². The lowest BCUT2D eigenvalue weighted by Crippen LogP contribution is -1.95. The summed E-state index contributed by atoms with van der Waals surface area (Å²) in [6.45, 7) is 0.0544. The second-order valence-electron chi connectivity index (χ2n) is 2.21. The molecular weight excluding hydrogens is 152 g/mol. The molecule has 60 valence electrons. The van der Waals surface area contributed by atoms with Crippen molar-refractivity contribution in [2.24, 2.45) is 0 Å². The van der Waals surface area contributed by atoms with E-state index in [1.54, 1.807) is 6.08 Å². The third-order valence-corrected chi connectivity index (χ3v) is 1.36. The molecular formula is C10H8O2. The van der Waals surface area contributed by atoms with Crippen molar-refractivity contribution in [3.63, 3.8) is 0 Å². The maximum atomic E-state index is 8.58. The van der Waals surface area contributed by atoms with Crippen LogP contribution in [0.4, 0.5) is 0 Å². The van der Waals surface area contributed by atoms with Crippen molar-refractivity contribution in [2.75, 3.05) is 6.61 Å². The molecule has 0 bridgehead atoms. The lowest BCUT2D eigenvalue weighted by Gasteiger charge is -1.75. The van der Waals surface area contributed by atoms with Crippen molar-refractivity contribution in [2.45, 2.75) is 12.2 Å². The second kappa shape index (κ2) is 4.44. The molecule has 0 amide bonds. The molecule has 1 aliphatic heterocycles. The van der Waals surface area contributed by atoms with Gasteiger partial charge in [0.2, 0.25) is 0 Å². The van der Waals surface area contributed by atoms with Crippen LogP contribution in [0.2, 0.25) is 0 Å². The van der Waals surface area contributed by atoms with Crippen molar-refractivity contribution in [3.05, 3.63) is 17.9 Å². The summed E-state index contributed by atoms with van der Waals surface area (Å²) in [5.74, 6) is 7.17. The Morgan fingerprint density at radius 3 is 3.00 bits per heavy atom. The summed E-state index contributed by atoms with van der Waals surface area (Å²) in [6, 6.07) is 0. The van der Waals surface area contributed by atoms with E-state index in [0.717, 1.165) is 0 Å². The quantitative estimate of drug-likeness (QED) is 0.353. The van der Waals surface area contributed by atoms with E-state index in [0.29, 0.717) is 0 Å². The number of ether oxygens (including phenoxy) is 1. The summed E-state index contributed by atoms with van der Waals surface area (Å²) in [6.07, 6.45) is 8.07. The lowest BCUT2D eigenvalue weighted by atomic mass is 10.3. The molecule has 12 heavy (non-hydrogen) atoms. The molecule has 1 aliphatic rings. The zero-order valence-electron chi connectivity index (χ0n) is 6.45. The van der Waals surface area contributed by atoms with Gasteiger partial charge < -0.3 is 9.84 Å². The maximum Gasteiger partial charge on any atom is 0.112 e. The van der Waals surface area contributed by atoms with Crippen LogP contribution in [0.25, 0.3) is 0 Å². The van der Waals surface area contributed by atoms with Gasteiger partial charge in [0.05, 0.1) is 6.61 Å². The molecule has 0 unspecified atom stereocenters. The first-order chi connectivity index (χ1) is 5.88. The fourth-order valence-electron chi connectivity index (χ4n) is 0.712. The molecule has 1 fully saturated rings. The van der Waals surface area contributed by atoms with Gasteiger partial charge in [-0.1, -0.05) is 5.92 Å². The Balaban J connectivity index is 2.33. The lowest BCUT2D eigenvalue weighted by molar-refractivity contribution is 0.243. The fraction of sp³-hybridized carbons (Fsp3) is 0.300. The van der Waals surface area contributed by atoms with E-state index < -0.39 is 0 Å². The predicted molar refractivity (Wildman–Crippen MR) is 45.0 cm³/mol. The molecule has 0 radical (unpaired) electrons. The summed E-state index contributed by atoms with van der Waals surface area (Å²) in [5.41, 5.74) is 2.79. The zero-order chi connectivity index (χ0) is 8.81. The average molecular weight is 160 g/mol. The SMILES string of the molecule is C#CC#CC=C=C[C@H]1O[C@@H]1CO. The first-order valence-electron chi connectivity index (χ1n) is 3.52. The first-order valence-corrected chi connectivity index (χ1v) is 3.52. The Kier molecular flexibility index (Phi) is 3.20. The summed E-state index contributed by atoms with van der Waals surface area (Å²) in [7, 11) is 0. The molecule has 2 atom stereocenters. The van der Waals surface area contributed by atoms with Gasteiger partial charge in [-0.05, 0) is 17.9 Å². The molecule has 1 N–H and O–H groups in total. The molecule has 0 aromatic rings. The van der Waals surface area contributed by atoms with Gasteiger partial charge in [0.25, 0.3) is 0 Å². The summed E-state index contributed by atoms with van der Waals surface area (Å²) < 4.78 is 5.00. The number of aliphatic hydroxyl groups is 1. The molecule has 1 saturated heterocycles. The van der Waals surface area contributed by atoms with Crippen LogP contribution in [0, 0.1) is 24.2 Å². The number of aliphatic hydroxyl groups excluding tert-OH is 1. The highest BCUT2D eigenvalue weighted by Crippen LogP contribution is 2.21. The van der Waals surface area contributed by atoms with Gasteiger partial charge in [-0.3, -0.25) is 0 Å². The van der Waals surface area contributed by atoms with E-state index in [1.807, 2.05) is 0 Å². The van der Waals surface area contributed by atoms with Gasteiger partial charge in [-0.25, -0.2) is 0 Å². The maximum absolute atomic E-state index is 8.58. The molecule has 1 heterocycles. The monoisotopic (exact) mass is 160 g/mol. The van der Waals surface area contributed by atoms with Crippen LogP contribution in [0.5, 0.6) is 0 Å². The summed E-state index contributed by atoms with van der Waals surface area (Å²) in [5, 5.41) is 8.58. The van der Waals surface area contributed by atoms with Gasteiger partial charge in [0.15, 0.2) is 0 Å². The van der Waals surface area contributed by atoms with Crippen molar-refractivity contribution in [1.29, 1.82) is 0 Å². The highest BCUT2D eigenvalue weighted by Gasteiger charge is 2.35. The molecule has 0 spiro atoms. The zero-order valence-corrected chi connectivity index (χ0v) is 6.45. The van der Waals surface area contributed by atoms with Gasteiger partial charge in [0, 0.05) is 6.08 Å². The van der Waals surface area contributed by atoms with Gasteiger partial charge in [-0.15, -0.1) is 12.2 Å². The standard InChI is InChI=1S/C10H8O2/c1-2-3-4-5-6-7-9-10(8-11)12-9/h1,5,7,9-11H,8H2/t6?,9-,10-/m1/s1.